The van der Waals surface area contributed by atoms with E-state index in [4.69, 9.17) is 5.11 Å². The van der Waals surface area contributed by atoms with Crippen molar-refractivity contribution in [3.05, 3.63) is 31.3 Å². The second kappa shape index (κ2) is 4.59. The number of benzene rings is 1. The smallest absolute Gasteiger partial charge is 0.337 e. The van der Waals surface area contributed by atoms with Gasteiger partial charge < -0.3 is 10.2 Å². The standard InChI is InChI=1S/C9H8BrIO3/c1-4-5(8(12)9(13)14)2-3-6(11)7(4)10/h2-3,8,12H,1H3,(H,13,14). The molecule has 1 rings (SSSR count). The highest BCUT2D eigenvalue weighted by atomic mass is 127. The number of aliphatic carboxylic acids is 1. The van der Waals surface area contributed by atoms with Crippen LogP contribution in [0.3, 0.4) is 0 Å². The third kappa shape index (κ3) is 2.26. The minimum Gasteiger partial charge on any atom is -0.479 e. The molecule has 0 fully saturated rings. The first kappa shape index (κ1) is 11.9. The Morgan fingerprint density at radius 2 is 2.14 bits per heavy atom. The molecule has 0 aliphatic heterocycles. The summed E-state index contributed by atoms with van der Waals surface area (Å²) in [4.78, 5) is 10.6. The molecule has 0 spiro atoms. The molecule has 0 aromatic heterocycles. The van der Waals surface area contributed by atoms with Crippen LogP contribution in [0.4, 0.5) is 0 Å². The van der Waals surface area contributed by atoms with Gasteiger partial charge in [-0.15, -0.1) is 0 Å². The Morgan fingerprint density at radius 1 is 1.57 bits per heavy atom. The SMILES string of the molecule is Cc1c(C(O)C(=O)O)ccc(I)c1Br. The van der Waals surface area contributed by atoms with E-state index < -0.39 is 12.1 Å². The molecule has 0 saturated heterocycles. The molecular weight excluding hydrogens is 363 g/mol. The second-order valence-electron chi connectivity index (χ2n) is 2.82. The monoisotopic (exact) mass is 370 g/mol. The highest BCUT2D eigenvalue weighted by Crippen LogP contribution is 2.29. The van der Waals surface area contributed by atoms with Crippen LogP contribution in [0.1, 0.15) is 17.2 Å². The van der Waals surface area contributed by atoms with Gasteiger partial charge in [0.1, 0.15) is 0 Å². The van der Waals surface area contributed by atoms with Crippen molar-refractivity contribution in [2.24, 2.45) is 0 Å². The first-order valence-corrected chi connectivity index (χ1v) is 5.67. The largest absolute Gasteiger partial charge is 0.479 e. The number of carbonyl (C=O) groups is 1. The molecule has 2 N–H and O–H groups in total. The Balaban J connectivity index is 3.24. The Bertz CT molecular complexity index is 379. The van der Waals surface area contributed by atoms with Gasteiger partial charge in [0, 0.05) is 8.04 Å². The van der Waals surface area contributed by atoms with Crippen LogP contribution < -0.4 is 0 Å². The van der Waals surface area contributed by atoms with E-state index in [0.29, 0.717) is 5.56 Å². The van der Waals surface area contributed by atoms with Crippen molar-refractivity contribution >= 4 is 44.5 Å². The molecule has 0 bridgehead atoms. The molecule has 0 aliphatic carbocycles. The van der Waals surface area contributed by atoms with E-state index in [0.717, 1.165) is 13.6 Å². The molecule has 1 aromatic carbocycles. The Hall–Kier alpha value is -0.140. The number of hydrogen-bond donors (Lipinski definition) is 2. The molecule has 1 atom stereocenters. The molecule has 0 saturated carbocycles. The van der Waals surface area contributed by atoms with Crippen molar-refractivity contribution in [3.8, 4) is 0 Å². The van der Waals surface area contributed by atoms with E-state index in [9.17, 15) is 9.90 Å². The second-order valence-corrected chi connectivity index (χ2v) is 4.77. The topological polar surface area (TPSA) is 57.5 Å². The van der Waals surface area contributed by atoms with Crippen LogP contribution in [-0.4, -0.2) is 16.2 Å². The van der Waals surface area contributed by atoms with Gasteiger partial charge in [-0.05, 0) is 62.6 Å². The maximum absolute atomic E-state index is 10.6. The summed E-state index contributed by atoms with van der Waals surface area (Å²) in [6, 6.07) is 3.39. The van der Waals surface area contributed by atoms with Gasteiger partial charge in [-0.3, -0.25) is 0 Å². The summed E-state index contributed by atoms with van der Waals surface area (Å²) in [7, 11) is 0. The molecule has 0 heterocycles. The average molecular weight is 371 g/mol. The van der Waals surface area contributed by atoms with Crippen LogP contribution in [0.5, 0.6) is 0 Å². The Kier molecular flexibility index (Phi) is 3.91. The summed E-state index contributed by atoms with van der Waals surface area (Å²) in [5, 5.41) is 18.0. The summed E-state index contributed by atoms with van der Waals surface area (Å²) in [6.07, 6.45) is -1.46. The molecule has 5 heteroatoms. The Morgan fingerprint density at radius 3 is 2.64 bits per heavy atom. The third-order valence-electron chi connectivity index (χ3n) is 1.91. The zero-order valence-electron chi connectivity index (χ0n) is 7.29. The van der Waals surface area contributed by atoms with Crippen molar-refractivity contribution in [2.45, 2.75) is 13.0 Å². The van der Waals surface area contributed by atoms with E-state index in [1.807, 2.05) is 0 Å². The molecule has 1 unspecified atom stereocenters. The predicted octanol–water partition coefficient (Wildman–Crippen LogP) is 2.48. The van der Waals surface area contributed by atoms with Gasteiger partial charge in [-0.1, -0.05) is 6.07 Å². The zero-order valence-corrected chi connectivity index (χ0v) is 11.0. The van der Waals surface area contributed by atoms with Gasteiger partial charge in [0.2, 0.25) is 0 Å². The van der Waals surface area contributed by atoms with Gasteiger partial charge >= 0.3 is 5.97 Å². The van der Waals surface area contributed by atoms with Gasteiger partial charge in [0.25, 0.3) is 0 Å². The first-order chi connectivity index (χ1) is 6.45. The Labute approximate surface area is 103 Å². The maximum Gasteiger partial charge on any atom is 0.337 e. The van der Waals surface area contributed by atoms with E-state index in [-0.39, 0.29) is 0 Å². The molecule has 0 amide bonds. The molecule has 1 aromatic rings. The van der Waals surface area contributed by atoms with E-state index >= 15 is 0 Å². The number of carboxylic acids is 1. The van der Waals surface area contributed by atoms with Crippen LogP contribution in [0.15, 0.2) is 16.6 Å². The summed E-state index contributed by atoms with van der Waals surface area (Å²) in [6.45, 7) is 1.77. The summed E-state index contributed by atoms with van der Waals surface area (Å²) >= 11 is 5.47. The quantitative estimate of drug-likeness (QED) is 0.786. The lowest BCUT2D eigenvalue weighted by atomic mass is 10.0. The highest BCUT2D eigenvalue weighted by molar-refractivity contribution is 14.1. The fourth-order valence-electron chi connectivity index (χ4n) is 1.10. The first-order valence-electron chi connectivity index (χ1n) is 3.80. The maximum atomic E-state index is 10.6. The van der Waals surface area contributed by atoms with E-state index in [1.165, 1.54) is 0 Å². The summed E-state index contributed by atoms with van der Waals surface area (Å²) < 4.78 is 1.82. The number of halogens is 2. The molecule has 0 radical (unpaired) electrons. The number of aliphatic hydroxyl groups excluding tert-OH is 1. The molecule has 76 valence electrons. The normalized spacial score (nSPS) is 12.6. The zero-order chi connectivity index (χ0) is 10.9. The number of hydrogen-bond acceptors (Lipinski definition) is 2. The van der Waals surface area contributed by atoms with Crippen molar-refractivity contribution in [1.29, 1.82) is 0 Å². The molecule has 0 aliphatic rings. The van der Waals surface area contributed by atoms with Gasteiger partial charge in [-0.25, -0.2) is 4.79 Å². The minimum absolute atomic E-state index is 0.421. The third-order valence-corrected chi connectivity index (χ3v) is 4.57. The van der Waals surface area contributed by atoms with Crippen molar-refractivity contribution in [1.82, 2.24) is 0 Å². The van der Waals surface area contributed by atoms with Crippen LogP contribution in [0, 0.1) is 10.5 Å². The summed E-state index contributed by atoms with van der Waals surface area (Å²) in [5.41, 5.74) is 1.18. The highest BCUT2D eigenvalue weighted by Gasteiger charge is 2.19. The fourth-order valence-corrected chi connectivity index (χ4v) is 2.04. The van der Waals surface area contributed by atoms with E-state index in [2.05, 4.69) is 38.5 Å². The number of aliphatic hydroxyl groups is 1. The number of rotatable bonds is 2. The lowest BCUT2D eigenvalue weighted by Gasteiger charge is -2.11. The molecule has 14 heavy (non-hydrogen) atoms. The van der Waals surface area contributed by atoms with Gasteiger partial charge in [-0.2, -0.15) is 0 Å². The van der Waals surface area contributed by atoms with Crippen molar-refractivity contribution in [3.63, 3.8) is 0 Å². The lowest BCUT2D eigenvalue weighted by Crippen LogP contribution is -2.12. The minimum atomic E-state index is -1.46. The number of carboxylic acid groups (broad SMARTS) is 1. The summed E-state index contributed by atoms with van der Waals surface area (Å²) in [5.74, 6) is -1.23. The van der Waals surface area contributed by atoms with Crippen LogP contribution in [0.2, 0.25) is 0 Å². The predicted molar refractivity (Wildman–Crippen MR) is 64.2 cm³/mol. The fraction of sp³-hybridized carbons (Fsp3) is 0.222. The lowest BCUT2D eigenvalue weighted by molar-refractivity contribution is -0.147. The van der Waals surface area contributed by atoms with Crippen molar-refractivity contribution < 1.29 is 15.0 Å². The molecule has 3 nitrogen and oxygen atoms in total. The van der Waals surface area contributed by atoms with Gasteiger partial charge in [0.05, 0.1) is 0 Å². The van der Waals surface area contributed by atoms with Crippen LogP contribution in [-0.2, 0) is 4.79 Å². The van der Waals surface area contributed by atoms with Crippen LogP contribution >= 0.6 is 38.5 Å². The molecular formula is C9H8BrIO3. The van der Waals surface area contributed by atoms with E-state index in [1.54, 1.807) is 19.1 Å². The van der Waals surface area contributed by atoms with Crippen LogP contribution in [0.25, 0.3) is 0 Å². The van der Waals surface area contributed by atoms with Gasteiger partial charge in [0.15, 0.2) is 6.10 Å². The van der Waals surface area contributed by atoms with Crippen molar-refractivity contribution in [2.75, 3.05) is 0 Å². The average Bonchev–Trinajstić information content (AvgIpc) is 2.13.